The van der Waals surface area contributed by atoms with Crippen molar-refractivity contribution >= 4 is 18.2 Å². The highest BCUT2D eigenvalue weighted by atomic mass is 16.5. The predicted molar refractivity (Wildman–Crippen MR) is 64.5 cm³/mol. The highest BCUT2D eigenvalue weighted by molar-refractivity contribution is 5.96. The van der Waals surface area contributed by atoms with Crippen molar-refractivity contribution in [2.45, 2.75) is 13.0 Å². The first-order valence-corrected chi connectivity index (χ1v) is 5.32. The van der Waals surface area contributed by atoms with Crippen LogP contribution in [0.15, 0.2) is 24.3 Å². The van der Waals surface area contributed by atoms with Crippen molar-refractivity contribution in [1.29, 1.82) is 0 Å². The van der Waals surface area contributed by atoms with Crippen molar-refractivity contribution in [3.8, 4) is 5.75 Å². The van der Waals surface area contributed by atoms with Crippen LogP contribution in [-0.4, -0.2) is 31.4 Å². The summed E-state index contributed by atoms with van der Waals surface area (Å²) >= 11 is 0. The summed E-state index contributed by atoms with van der Waals surface area (Å²) in [6, 6.07) is 5.91. The molecule has 1 atom stereocenters. The molecule has 0 aliphatic heterocycles. The van der Waals surface area contributed by atoms with E-state index in [1.807, 2.05) is 0 Å². The van der Waals surface area contributed by atoms with Gasteiger partial charge in [-0.25, -0.2) is 4.79 Å². The van der Waals surface area contributed by atoms with E-state index in [1.165, 1.54) is 14.0 Å². The SMILES string of the molecule is CNC(=O)NC(=O)C(C)Oc1ccccc1C=O. The highest BCUT2D eigenvalue weighted by Crippen LogP contribution is 2.17. The fourth-order valence-electron chi connectivity index (χ4n) is 1.21. The van der Waals surface area contributed by atoms with Crippen LogP contribution in [0.5, 0.6) is 5.75 Å². The summed E-state index contributed by atoms with van der Waals surface area (Å²) in [5, 5.41) is 4.34. The van der Waals surface area contributed by atoms with Crippen molar-refractivity contribution in [3.63, 3.8) is 0 Å². The third-order valence-corrected chi connectivity index (χ3v) is 2.18. The maximum absolute atomic E-state index is 11.5. The minimum atomic E-state index is -0.886. The van der Waals surface area contributed by atoms with Crippen LogP contribution in [0.2, 0.25) is 0 Å². The summed E-state index contributed by atoms with van der Waals surface area (Å²) in [5.41, 5.74) is 0.345. The molecule has 0 fully saturated rings. The number of aldehydes is 1. The van der Waals surface area contributed by atoms with Gasteiger partial charge < -0.3 is 10.1 Å². The number of amides is 3. The molecule has 1 rings (SSSR count). The molecule has 96 valence electrons. The second kappa shape index (κ2) is 6.39. The Morgan fingerprint density at radius 2 is 2.00 bits per heavy atom. The maximum atomic E-state index is 11.5. The zero-order chi connectivity index (χ0) is 13.5. The Hall–Kier alpha value is -2.37. The number of carbonyl (C=O) groups excluding carboxylic acids is 3. The minimum Gasteiger partial charge on any atom is -0.480 e. The molecule has 6 nitrogen and oxygen atoms in total. The maximum Gasteiger partial charge on any atom is 0.321 e. The van der Waals surface area contributed by atoms with E-state index < -0.39 is 18.0 Å². The van der Waals surface area contributed by atoms with Crippen LogP contribution < -0.4 is 15.4 Å². The summed E-state index contributed by atoms with van der Waals surface area (Å²) in [5.74, 6) is -0.290. The zero-order valence-corrected chi connectivity index (χ0v) is 10.1. The van der Waals surface area contributed by atoms with E-state index in [4.69, 9.17) is 4.74 Å². The lowest BCUT2D eigenvalue weighted by molar-refractivity contribution is -0.126. The first-order chi connectivity index (χ1) is 8.58. The van der Waals surface area contributed by atoms with Crippen LogP contribution in [-0.2, 0) is 4.79 Å². The van der Waals surface area contributed by atoms with E-state index in [0.717, 1.165) is 0 Å². The topological polar surface area (TPSA) is 84.5 Å². The van der Waals surface area contributed by atoms with Crippen LogP contribution in [0.4, 0.5) is 4.79 Å². The quantitative estimate of drug-likeness (QED) is 0.771. The van der Waals surface area contributed by atoms with Gasteiger partial charge in [0.1, 0.15) is 5.75 Å². The molecule has 0 saturated heterocycles. The van der Waals surface area contributed by atoms with Crippen LogP contribution >= 0.6 is 0 Å². The molecule has 3 amide bonds. The summed E-state index contributed by atoms with van der Waals surface area (Å²) in [7, 11) is 1.40. The Morgan fingerprint density at radius 3 is 2.61 bits per heavy atom. The number of hydrogen-bond acceptors (Lipinski definition) is 4. The Kier molecular flexibility index (Phi) is 4.86. The third kappa shape index (κ3) is 3.58. The standard InChI is InChI=1S/C12H14N2O4/c1-8(11(16)14-12(17)13-2)18-10-6-4-3-5-9(10)7-15/h3-8H,1-2H3,(H2,13,14,16,17). The molecule has 0 bridgehead atoms. The molecule has 0 aromatic heterocycles. The largest absolute Gasteiger partial charge is 0.480 e. The van der Waals surface area contributed by atoms with E-state index in [1.54, 1.807) is 24.3 Å². The normalized spacial score (nSPS) is 11.2. The molecule has 0 aliphatic rings. The van der Waals surface area contributed by atoms with Gasteiger partial charge in [-0.15, -0.1) is 0 Å². The predicted octanol–water partition coefficient (Wildman–Crippen LogP) is 0.722. The molecule has 0 aliphatic carbocycles. The third-order valence-electron chi connectivity index (χ3n) is 2.18. The monoisotopic (exact) mass is 250 g/mol. The van der Waals surface area contributed by atoms with Gasteiger partial charge in [0.05, 0.1) is 5.56 Å². The van der Waals surface area contributed by atoms with Crippen molar-refractivity contribution in [3.05, 3.63) is 29.8 Å². The van der Waals surface area contributed by atoms with Crippen LogP contribution in [0.1, 0.15) is 17.3 Å². The molecule has 1 unspecified atom stereocenters. The van der Waals surface area contributed by atoms with Crippen LogP contribution in [0.25, 0.3) is 0 Å². The molecular formula is C12H14N2O4. The number of imide groups is 1. The first kappa shape index (κ1) is 13.7. The molecule has 2 N–H and O–H groups in total. The van der Waals surface area contributed by atoms with Crippen molar-refractivity contribution < 1.29 is 19.1 Å². The summed E-state index contributed by atoms with van der Waals surface area (Å²) in [6.07, 6.45) is -0.248. The van der Waals surface area contributed by atoms with Crippen molar-refractivity contribution in [2.75, 3.05) is 7.05 Å². The van der Waals surface area contributed by atoms with E-state index in [0.29, 0.717) is 17.6 Å². The van der Waals surface area contributed by atoms with Gasteiger partial charge in [-0.3, -0.25) is 14.9 Å². The Balaban J connectivity index is 2.69. The van der Waals surface area contributed by atoms with Gasteiger partial charge in [0.25, 0.3) is 5.91 Å². The van der Waals surface area contributed by atoms with Crippen molar-refractivity contribution in [2.24, 2.45) is 0 Å². The fourth-order valence-corrected chi connectivity index (χ4v) is 1.21. The second-order valence-corrected chi connectivity index (χ2v) is 3.48. The number of urea groups is 1. The summed E-state index contributed by atoms with van der Waals surface area (Å²) < 4.78 is 5.32. The first-order valence-electron chi connectivity index (χ1n) is 5.32. The molecule has 1 aromatic carbocycles. The van der Waals surface area contributed by atoms with Gasteiger partial charge in [-0.2, -0.15) is 0 Å². The number of carbonyl (C=O) groups is 3. The minimum absolute atomic E-state index is 0.298. The molecular weight excluding hydrogens is 236 g/mol. The lowest BCUT2D eigenvalue weighted by Crippen LogP contribution is -2.44. The number of nitrogens with one attached hydrogen (secondary N) is 2. The summed E-state index contributed by atoms with van der Waals surface area (Å²) in [6.45, 7) is 1.49. The number of hydrogen-bond donors (Lipinski definition) is 2. The van der Waals surface area contributed by atoms with Gasteiger partial charge in [0.2, 0.25) is 0 Å². The van der Waals surface area contributed by atoms with E-state index >= 15 is 0 Å². The zero-order valence-electron chi connectivity index (χ0n) is 10.1. The molecule has 6 heteroatoms. The van der Waals surface area contributed by atoms with Gasteiger partial charge in [0, 0.05) is 7.05 Å². The van der Waals surface area contributed by atoms with Gasteiger partial charge in [-0.05, 0) is 19.1 Å². The highest BCUT2D eigenvalue weighted by Gasteiger charge is 2.17. The lowest BCUT2D eigenvalue weighted by Gasteiger charge is -2.14. The van der Waals surface area contributed by atoms with Gasteiger partial charge in [0.15, 0.2) is 12.4 Å². The van der Waals surface area contributed by atoms with Crippen molar-refractivity contribution in [1.82, 2.24) is 10.6 Å². The number of rotatable bonds is 4. The Morgan fingerprint density at radius 1 is 1.33 bits per heavy atom. The fraction of sp³-hybridized carbons (Fsp3) is 0.250. The average Bonchev–Trinajstić information content (AvgIpc) is 2.39. The molecule has 0 spiro atoms. The molecule has 0 heterocycles. The Labute approximate surface area is 104 Å². The van der Waals surface area contributed by atoms with Gasteiger partial charge >= 0.3 is 6.03 Å². The molecule has 0 saturated carbocycles. The summed E-state index contributed by atoms with van der Waals surface area (Å²) in [4.78, 5) is 33.2. The second-order valence-electron chi connectivity index (χ2n) is 3.48. The molecule has 1 aromatic rings. The van der Waals surface area contributed by atoms with Crippen LogP contribution in [0, 0.1) is 0 Å². The average molecular weight is 250 g/mol. The molecule has 0 radical (unpaired) electrons. The molecule has 18 heavy (non-hydrogen) atoms. The Bertz CT molecular complexity index is 459. The van der Waals surface area contributed by atoms with E-state index in [2.05, 4.69) is 10.6 Å². The number of benzene rings is 1. The number of para-hydroxylation sites is 1. The smallest absolute Gasteiger partial charge is 0.321 e. The van der Waals surface area contributed by atoms with Crippen LogP contribution in [0.3, 0.4) is 0 Å². The van der Waals surface area contributed by atoms with Gasteiger partial charge in [-0.1, -0.05) is 12.1 Å². The number of ether oxygens (including phenoxy) is 1. The van der Waals surface area contributed by atoms with E-state index in [9.17, 15) is 14.4 Å². The lowest BCUT2D eigenvalue weighted by atomic mass is 10.2. The van der Waals surface area contributed by atoms with E-state index in [-0.39, 0.29) is 0 Å².